The van der Waals surface area contributed by atoms with Crippen molar-refractivity contribution in [1.82, 2.24) is 0 Å². The Morgan fingerprint density at radius 3 is 2.13 bits per heavy atom. The summed E-state index contributed by atoms with van der Waals surface area (Å²) < 4.78 is 0. The minimum Gasteiger partial charge on any atom is -0.388 e. The third-order valence-electron chi connectivity index (χ3n) is 3.49. The average Bonchev–Trinajstić information content (AvgIpc) is 2.15. The van der Waals surface area contributed by atoms with Crippen LogP contribution >= 0.6 is 0 Å². The summed E-state index contributed by atoms with van der Waals surface area (Å²) in [5.74, 6) is 1.08. The van der Waals surface area contributed by atoms with Gasteiger partial charge in [-0.2, -0.15) is 0 Å². The minimum absolute atomic E-state index is 0.291. The molecule has 1 atom stereocenters. The highest BCUT2D eigenvalue weighted by Gasteiger charge is 2.19. The van der Waals surface area contributed by atoms with Gasteiger partial charge in [-0.25, -0.2) is 0 Å². The zero-order chi connectivity index (χ0) is 10.8. The molecule has 1 heteroatoms. The van der Waals surface area contributed by atoms with Crippen molar-refractivity contribution >= 4 is 0 Å². The Morgan fingerprint density at radius 2 is 1.73 bits per heavy atom. The molecule has 1 aliphatic rings. The number of hydrogen-bond acceptors (Lipinski definition) is 1. The van der Waals surface area contributed by atoms with E-state index in [0.717, 1.165) is 11.5 Å². The van der Waals surface area contributed by atoms with Gasteiger partial charge in [-0.05, 0) is 35.8 Å². The molecule has 1 N–H and O–H groups in total. The van der Waals surface area contributed by atoms with Gasteiger partial charge in [0.1, 0.15) is 0 Å². The lowest BCUT2D eigenvalue weighted by molar-refractivity contribution is 0.127. The molecule has 0 spiro atoms. The summed E-state index contributed by atoms with van der Waals surface area (Å²) in [6.07, 6.45) is 3.74. The molecule has 2 rings (SSSR count). The van der Waals surface area contributed by atoms with E-state index in [4.69, 9.17) is 0 Å². The van der Waals surface area contributed by atoms with Crippen molar-refractivity contribution in [2.24, 2.45) is 5.92 Å². The van der Waals surface area contributed by atoms with Crippen molar-refractivity contribution < 1.29 is 5.11 Å². The molecule has 0 saturated heterocycles. The lowest BCUT2D eigenvalue weighted by atomic mass is 9.79. The first kappa shape index (κ1) is 10.7. The highest BCUT2D eigenvalue weighted by Crippen LogP contribution is 2.36. The molecule has 82 valence electrons. The fourth-order valence-corrected chi connectivity index (χ4v) is 2.09. The number of aliphatic hydroxyl groups is 1. The maximum atomic E-state index is 9.90. The van der Waals surface area contributed by atoms with Crippen LogP contribution in [0.1, 0.15) is 56.3 Å². The predicted molar refractivity (Wildman–Crippen MR) is 62.8 cm³/mol. The Bertz CT molecular complexity index is 309. The van der Waals surface area contributed by atoms with Crippen LogP contribution in [-0.2, 0) is 0 Å². The first-order valence-electron chi connectivity index (χ1n) is 5.96. The fourth-order valence-electron chi connectivity index (χ4n) is 2.09. The Kier molecular flexibility index (Phi) is 3.11. The maximum Gasteiger partial charge on any atom is 0.0812 e. The SMILES string of the molecule is CC(C)C(O)c1ccc(C2CCC2)cc1. The first-order chi connectivity index (χ1) is 7.18. The van der Waals surface area contributed by atoms with E-state index in [0.29, 0.717) is 5.92 Å². The molecule has 1 aliphatic carbocycles. The van der Waals surface area contributed by atoms with E-state index in [1.807, 2.05) is 13.8 Å². The second kappa shape index (κ2) is 4.36. The van der Waals surface area contributed by atoms with Gasteiger partial charge in [0.2, 0.25) is 0 Å². The second-order valence-electron chi connectivity index (χ2n) is 4.98. The Hall–Kier alpha value is -0.820. The number of benzene rings is 1. The van der Waals surface area contributed by atoms with Gasteiger partial charge in [0.25, 0.3) is 0 Å². The van der Waals surface area contributed by atoms with Crippen LogP contribution in [-0.4, -0.2) is 5.11 Å². The molecule has 0 radical (unpaired) electrons. The van der Waals surface area contributed by atoms with Gasteiger partial charge < -0.3 is 5.11 Å². The molecule has 0 aliphatic heterocycles. The van der Waals surface area contributed by atoms with Crippen LogP contribution in [0, 0.1) is 5.92 Å². The summed E-state index contributed by atoms with van der Waals surface area (Å²) in [5.41, 5.74) is 2.49. The third-order valence-corrected chi connectivity index (χ3v) is 3.49. The van der Waals surface area contributed by atoms with Crippen molar-refractivity contribution in [1.29, 1.82) is 0 Å². The third kappa shape index (κ3) is 2.23. The molecule has 0 heterocycles. The van der Waals surface area contributed by atoms with Crippen LogP contribution in [0.25, 0.3) is 0 Å². The van der Waals surface area contributed by atoms with Crippen molar-refractivity contribution in [2.45, 2.75) is 45.1 Å². The number of rotatable bonds is 3. The molecule has 1 aromatic carbocycles. The van der Waals surface area contributed by atoms with E-state index < -0.39 is 0 Å². The standard InChI is InChI=1S/C14H20O/c1-10(2)14(15)13-8-6-12(7-9-13)11-4-3-5-11/h6-11,14-15H,3-5H2,1-2H3. The normalized spacial score (nSPS) is 18.9. The predicted octanol–water partition coefficient (Wildman–Crippen LogP) is 3.64. The van der Waals surface area contributed by atoms with Crippen molar-refractivity contribution in [3.05, 3.63) is 35.4 Å². The molecule has 1 saturated carbocycles. The topological polar surface area (TPSA) is 20.2 Å². The van der Waals surface area contributed by atoms with Crippen LogP contribution in [0.2, 0.25) is 0 Å². The zero-order valence-electron chi connectivity index (χ0n) is 9.61. The molecule has 0 bridgehead atoms. The van der Waals surface area contributed by atoms with Gasteiger partial charge in [-0.1, -0.05) is 44.5 Å². The van der Waals surface area contributed by atoms with Crippen molar-refractivity contribution in [3.63, 3.8) is 0 Å². The van der Waals surface area contributed by atoms with E-state index in [-0.39, 0.29) is 6.10 Å². The van der Waals surface area contributed by atoms with Crippen LogP contribution in [0.5, 0.6) is 0 Å². The van der Waals surface area contributed by atoms with Gasteiger partial charge in [-0.15, -0.1) is 0 Å². The summed E-state index contributed by atoms with van der Waals surface area (Å²) >= 11 is 0. The molecular weight excluding hydrogens is 184 g/mol. The largest absolute Gasteiger partial charge is 0.388 e. The van der Waals surface area contributed by atoms with Gasteiger partial charge in [0, 0.05) is 0 Å². The minimum atomic E-state index is -0.319. The maximum absolute atomic E-state index is 9.90. The van der Waals surface area contributed by atoms with E-state index >= 15 is 0 Å². The molecule has 1 nitrogen and oxygen atoms in total. The molecular formula is C14H20O. The zero-order valence-corrected chi connectivity index (χ0v) is 9.61. The second-order valence-corrected chi connectivity index (χ2v) is 4.98. The summed E-state index contributed by atoms with van der Waals surface area (Å²) in [6, 6.07) is 8.53. The molecule has 1 aromatic rings. The van der Waals surface area contributed by atoms with Crippen LogP contribution in [0.15, 0.2) is 24.3 Å². The molecule has 0 aromatic heterocycles. The average molecular weight is 204 g/mol. The molecule has 1 fully saturated rings. The van der Waals surface area contributed by atoms with Crippen molar-refractivity contribution in [2.75, 3.05) is 0 Å². The first-order valence-corrected chi connectivity index (χ1v) is 5.96. The van der Waals surface area contributed by atoms with Gasteiger partial charge in [0.15, 0.2) is 0 Å². The van der Waals surface area contributed by atoms with Crippen LogP contribution < -0.4 is 0 Å². The van der Waals surface area contributed by atoms with Gasteiger partial charge >= 0.3 is 0 Å². The highest BCUT2D eigenvalue weighted by atomic mass is 16.3. The fraction of sp³-hybridized carbons (Fsp3) is 0.571. The Balaban J connectivity index is 2.09. The van der Waals surface area contributed by atoms with Crippen molar-refractivity contribution in [3.8, 4) is 0 Å². The summed E-state index contributed by atoms with van der Waals surface area (Å²) in [4.78, 5) is 0. The van der Waals surface area contributed by atoms with Gasteiger partial charge in [0.05, 0.1) is 6.10 Å². The smallest absolute Gasteiger partial charge is 0.0812 e. The molecule has 15 heavy (non-hydrogen) atoms. The number of hydrogen-bond donors (Lipinski definition) is 1. The summed E-state index contributed by atoms with van der Waals surface area (Å²) in [6.45, 7) is 4.09. The molecule has 1 unspecified atom stereocenters. The number of aliphatic hydroxyl groups excluding tert-OH is 1. The Morgan fingerprint density at radius 1 is 1.13 bits per heavy atom. The van der Waals surface area contributed by atoms with E-state index in [1.54, 1.807) is 0 Å². The molecule has 0 amide bonds. The monoisotopic (exact) mass is 204 g/mol. The summed E-state index contributed by atoms with van der Waals surface area (Å²) in [7, 11) is 0. The Labute approximate surface area is 92.1 Å². The highest BCUT2D eigenvalue weighted by molar-refractivity contribution is 5.27. The van der Waals surface area contributed by atoms with Crippen LogP contribution in [0.3, 0.4) is 0 Å². The lowest BCUT2D eigenvalue weighted by Gasteiger charge is -2.26. The van der Waals surface area contributed by atoms with Crippen LogP contribution in [0.4, 0.5) is 0 Å². The lowest BCUT2D eigenvalue weighted by Crippen LogP contribution is -2.09. The quantitative estimate of drug-likeness (QED) is 0.797. The van der Waals surface area contributed by atoms with E-state index in [2.05, 4.69) is 24.3 Å². The van der Waals surface area contributed by atoms with Gasteiger partial charge in [-0.3, -0.25) is 0 Å². The van der Waals surface area contributed by atoms with E-state index in [9.17, 15) is 5.11 Å². The van der Waals surface area contributed by atoms with E-state index in [1.165, 1.54) is 24.8 Å². The summed E-state index contributed by atoms with van der Waals surface area (Å²) in [5, 5.41) is 9.90.